The second-order valence-corrected chi connectivity index (χ2v) is 5.34. The quantitative estimate of drug-likeness (QED) is 0.787. The highest BCUT2D eigenvalue weighted by Crippen LogP contribution is 2.30. The van der Waals surface area contributed by atoms with E-state index in [4.69, 9.17) is 21.1 Å². The summed E-state index contributed by atoms with van der Waals surface area (Å²) in [5.74, 6) is 0.897. The molecule has 5 heteroatoms. The van der Waals surface area contributed by atoms with Crippen LogP contribution in [0.4, 0.5) is 0 Å². The van der Waals surface area contributed by atoms with Gasteiger partial charge in [0.25, 0.3) is 0 Å². The molecule has 0 N–H and O–H groups in total. The Hall–Kier alpha value is -1.26. The van der Waals surface area contributed by atoms with Crippen molar-refractivity contribution < 1.29 is 14.3 Å². The third kappa shape index (κ3) is 2.69. The molecule has 2 aliphatic rings. The fraction of sp³-hybridized carbons (Fsp3) is 0.500. The summed E-state index contributed by atoms with van der Waals surface area (Å²) in [4.78, 5) is 14.3. The average molecular weight is 282 g/mol. The molecule has 19 heavy (non-hydrogen) atoms. The third-order valence-corrected chi connectivity index (χ3v) is 3.84. The van der Waals surface area contributed by atoms with E-state index in [0.29, 0.717) is 44.4 Å². The summed E-state index contributed by atoms with van der Waals surface area (Å²) >= 11 is 5.99. The lowest BCUT2D eigenvalue weighted by Crippen LogP contribution is -2.46. The fourth-order valence-electron chi connectivity index (χ4n) is 2.56. The van der Waals surface area contributed by atoms with Crippen molar-refractivity contribution in [2.75, 3.05) is 32.9 Å². The molecule has 0 aliphatic carbocycles. The summed E-state index contributed by atoms with van der Waals surface area (Å²) in [6, 6.07) is 5.56. The Morgan fingerprint density at radius 3 is 2.89 bits per heavy atom. The molecular formula is C14H16ClNO3. The van der Waals surface area contributed by atoms with E-state index in [1.807, 2.05) is 23.1 Å². The summed E-state index contributed by atoms with van der Waals surface area (Å²) < 4.78 is 10.9. The molecule has 0 bridgehead atoms. The number of fused-ring (bicyclic) bond motifs is 1. The fourth-order valence-corrected chi connectivity index (χ4v) is 2.76. The van der Waals surface area contributed by atoms with Crippen LogP contribution >= 0.6 is 11.6 Å². The van der Waals surface area contributed by atoms with Crippen LogP contribution in [0.2, 0.25) is 5.02 Å². The van der Waals surface area contributed by atoms with Crippen molar-refractivity contribution in [2.45, 2.75) is 6.42 Å². The van der Waals surface area contributed by atoms with Crippen LogP contribution in [0.25, 0.3) is 0 Å². The number of amides is 1. The first kappa shape index (κ1) is 12.8. The lowest BCUT2D eigenvalue weighted by Gasteiger charge is -2.32. The van der Waals surface area contributed by atoms with Crippen LogP contribution < -0.4 is 4.74 Å². The molecule has 0 saturated carbocycles. The summed E-state index contributed by atoms with van der Waals surface area (Å²) in [7, 11) is 0. The Kier molecular flexibility index (Phi) is 3.62. The normalized spacial score (nSPS) is 22.6. The van der Waals surface area contributed by atoms with Gasteiger partial charge in [-0.2, -0.15) is 0 Å². The van der Waals surface area contributed by atoms with Crippen LogP contribution in [-0.2, 0) is 16.0 Å². The van der Waals surface area contributed by atoms with Gasteiger partial charge in [-0.05, 0) is 30.2 Å². The highest BCUT2D eigenvalue weighted by molar-refractivity contribution is 6.30. The van der Waals surface area contributed by atoms with Gasteiger partial charge in [-0.15, -0.1) is 0 Å². The predicted molar refractivity (Wildman–Crippen MR) is 71.5 cm³/mol. The molecule has 2 heterocycles. The van der Waals surface area contributed by atoms with Crippen molar-refractivity contribution >= 4 is 17.5 Å². The number of benzene rings is 1. The zero-order valence-corrected chi connectivity index (χ0v) is 11.4. The molecule has 2 aliphatic heterocycles. The van der Waals surface area contributed by atoms with Crippen LogP contribution in [-0.4, -0.2) is 43.7 Å². The van der Waals surface area contributed by atoms with E-state index in [-0.39, 0.29) is 11.8 Å². The summed E-state index contributed by atoms with van der Waals surface area (Å²) in [6.45, 7) is 3.06. The monoisotopic (exact) mass is 281 g/mol. The molecule has 1 fully saturated rings. The molecular weight excluding hydrogens is 266 g/mol. The molecule has 0 unspecified atom stereocenters. The lowest BCUT2D eigenvalue weighted by molar-refractivity contribution is -0.141. The number of carbonyl (C=O) groups is 1. The summed E-state index contributed by atoms with van der Waals surface area (Å²) in [5, 5.41) is 0.682. The van der Waals surface area contributed by atoms with Gasteiger partial charge in [-0.25, -0.2) is 0 Å². The second-order valence-electron chi connectivity index (χ2n) is 4.90. The second kappa shape index (κ2) is 5.39. The minimum Gasteiger partial charge on any atom is -0.492 e. The van der Waals surface area contributed by atoms with Gasteiger partial charge in [0.05, 0.1) is 19.1 Å². The van der Waals surface area contributed by atoms with Gasteiger partial charge in [-0.3, -0.25) is 4.79 Å². The van der Waals surface area contributed by atoms with E-state index in [1.165, 1.54) is 0 Å². The molecule has 0 radical (unpaired) electrons. The third-order valence-electron chi connectivity index (χ3n) is 3.60. The number of morpholine rings is 1. The van der Waals surface area contributed by atoms with Gasteiger partial charge >= 0.3 is 0 Å². The van der Waals surface area contributed by atoms with E-state index in [2.05, 4.69) is 0 Å². The zero-order chi connectivity index (χ0) is 13.2. The molecule has 102 valence electrons. The zero-order valence-electron chi connectivity index (χ0n) is 10.6. The number of hydrogen-bond acceptors (Lipinski definition) is 3. The van der Waals surface area contributed by atoms with E-state index in [9.17, 15) is 4.79 Å². The molecule has 4 nitrogen and oxygen atoms in total. The predicted octanol–water partition coefficient (Wildman–Crippen LogP) is 1.75. The minimum absolute atomic E-state index is 0.107. The van der Waals surface area contributed by atoms with Crippen LogP contribution in [0, 0.1) is 5.92 Å². The Morgan fingerprint density at radius 1 is 1.32 bits per heavy atom. The van der Waals surface area contributed by atoms with Crippen molar-refractivity contribution in [3.8, 4) is 5.75 Å². The van der Waals surface area contributed by atoms with E-state index >= 15 is 0 Å². The SMILES string of the molecule is O=C([C@H]1COc2ccc(Cl)cc2C1)N1CCOCC1. The summed E-state index contributed by atoms with van der Waals surface area (Å²) in [6.07, 6.45) is 0.700. The number of halogens is 1. The van der Waals surface area contributed by atoms with Crippen molar-refractivity contribution in [1.29, 1.82) is 0 Å². The number of carbonyl (C=O) groups excluding carboxylic acids is 1. The smallest absolute Gasteiger partial charge is 0.229 e. The maximum atomic E-state index is 12.4. The van der Waals surface area contributed by atoms with E-state index < -0.39 is 0 Å². The number of nitrogens with zero attached hydrogens (tertiary/aromatic N) is 1. The van der Waals surface area contributed by atoms with Crippen molar-refractivity contribution in [3.63, 3.8) is 0 Å². The first-order valence-corrected chi connectivity index (χ1v) is 6.89. The maximum absolute atomic E-state index is 12.4. The van der Waals surface area contributed by atoms with Gasteiger partial charge in [0.1, 0.15) is 12.4 Å². The standard InChI is InChI=1S/C14H16ClNO3/c15-12-1-2-13-10(8-12)7-11(9-19-13)14(17)16-3-5-18-6-4-16/h1-2,8,11H,3-7,9H2/t11-/m1/s1. The maximum Gasteiger partial charge on any atom is 0.229 e. The molecule has 1 atom stereocenters. The number of ether oxygens (including phenoxy) is 2. The highest BCUT2D eigenvalue weighted by atomic mass is 35.5. The lowest BCUT2D eigenvalue weighted by atomic mass is 9.95. The molecule has 0 aromatic heterocycles. The van der Waals surface area contributed by atoms with Gasteiger partial charge < -0.3 is 14.4 Å². The Balaban J connectivity index is 1.72. The highest BCUT2D eigenvalue weighted by Gasteiger charge is 2.30. The van der Waals surface area contributed by atoms with Crippen molar-refractivity contribution in [1.82, 2.24) is 4.90 Å². The first-order valence-electron chi connectivity index (χ1n) is 6.52. The Labute approximate surface area is 117 Å². The van der Waals surface area contributed by atoms with Crippen LogP contribution in [0.5, 0.6) is 5.75 Å². The topological polar surface area (TPSA) is 38.8 Å². The van der Waals surface area contributed by atoms with Crippen LogP contribution in [0.1, 0.15) is 5.56 Å². The summed E-state index contributed by atoms with van der Waals surface area (Å²) in [5.41, 5.74) is 1.02. The average Bonchev–Trinajstić information content (AvgIpc) is 2.46. The molecule has 0 spiro atoms. The molecule has 1 aromatic carbocycles. The largest absolute Gasteiger partial charge is 0.492 e. The van der Waals surface area contributed by atoms with Gasteiger partial charge in [0.15, 0.2) is 0 Å². The van der Waals surface area contributed by atoms with Gasteiger partial charge in [-0.1, -0.05) is 11.6 Å². The van der Waals surface area contributed by atoms with Crippen molar-refractivity contribution in [3.05, 3.63) is 28.8 Å². The van der Waals surface area contributed by atoms with E-state index in [1.54, 1.807) is 0 Å². The molecule has 1 saturated heterocycles. The Bertz CT molecular complexity index is 486. The number of hydrogen-bond donors (Lipinski definition) is 0. The van der Waals surface area contributed by atoms with Crippen LogP contribution in [0.3, 0.4) is 0 Å². The molecule has 3 rings (SSSR count). The Morgan fingerprint density at radius 2 is 2.11 bits per heavy atom. The van der Waals surface area contributed by atoms with Crippen molar-refractivity contribution in [2.24, 2.45) is 5.92 Å². The molecule has 1 amide bonds. The van der Waals surface area contributed by atoms with Gasteiger partial charge in [0.2, 0.25) is 5.91 Å². The number of rotatable bonds is 1. The van der Waals surface area contributed by atoms with E-state index in [0.717, 1.165) is 11.3 Å². The minimum atomic E-state index is -0.107. The first-order chi connectivity index (χ1) is 9.24. The van der Waals surface area contributed by atoms with Crippen LogP contribution in [0.15, 0.2) is 18.2 Å². The molecule has 1 aromatic rings. The van der Waals surface area contributed by atoms with Gasteiger partial charge in [0, 0.05) is 18.1 Å².